The van der Waals surface area contributed by atoms with Crippen LogP contribution < -0.4 is 15.1 Å². The van der Waals surface area contributed by atoms with Gasteiger partial charge in [0, 0.05) is 42.8 Å². The Labute approximate surface area is 204 Å². The summed E-state index contributed by atoms with van der Waals surface area (Å²) in [5, 5.41) is 12.0. The highest BCUT2D eigenvalue weighted by Crippen LogP contribution is 2.43. The largest absolute Gasteiger partial charge is 0.451 e. The van der Waals surface area contributed by atoms with Crippen molar-refractivity contribution in [3.05, 3.63) is 41.4 Å². The number of fused-ring (bicyclic) bond motifs is 3. The first kappa shape index (κ1) is 22.4. The standard InChI is InChI=1S/C22H24F3N9S/c1-2-3-13-10-14-18(32-8-9-34-17(12-32)30-31-20(34)22(23,24)25)28-21(29-19(14)35-13)33-7-4-15-16(11-33)27-6-5-26-15/h4,7,11,13,27H,2-3,5-6,8-10,12H2,1H3. The number of rotatable bonds is 4. The molecule has 35 heavy (non-hydrogen) atoms. The summed E-state index contributed by atoms with van der Waals surface area (Å²) in [6.45, 7) is 4.42. The molecule has 0 amide bonds. The van der Waals surface area contributed by atoms with Crippen molar-refractivity contribution in [3.8, 4) is 0 Å². The van der Waals surface area contributed by atoms with Crippen LogP contribution in [0.15, 0.2) is 34.2 Å². The van der Waals surface area contributed by atoms with Gasteiger partial charge in [-0.15, -0.1) is 22.0 Å². The number of aliphatic imine (C=N–C) groups is 1. The molecule has 0 aliphatic carbocycles. The van der Waals surface area contributed by atoms with E-state index in [9.17, 15) is 13.2 Å². The highest BCUT2D eigenvalue weighted by Gasteiger charge is 2.40. The quantitative estimate of drug-likeness (QED) is 0.637. The van der Waals surface area contributed by atoms with E-state index < -0.39 is 12.0 Å². The van der Waals surface area contributed by atoms with Crippen LogP contribution in [0, 0.1) is 0 Å². The molecule has 4 aliphatic rings. The van der Waals surface area contributed by atoms with Crippen LogP contribution in [0.3, 0.4) is 0 Å². The zero-order valence-electron chi connectivity index (χ0n) is 19.1. The number of anilines is 2. The van der Waals surface area contributed by atoms with Crippen molar-refractivity contribution in [2.75, 3.05) is 29.4 Å². The molecule has 0 fully saturated rings. The molecule has 4 aliphatic heterocycles. The van der Waals surface area contributed by atoms with Crippen LogP contribution in [0.4, 0.5) is 24.9 Å². The Kier molecular flexibility index (Phi) is 5.46. The molecule has 2 aromatic heterocycles. The molecule has 0 saturated heterocycles. The number of alkyl halides is 3. The SMILES string of the molecule is CCCC1Cc2c(nc(N3C=CC4=NCCNC4=C3)nc2N2CCn3c(nnc3C(F)(F)F)C2)S1. The molecule has 13 heteroatoms. The summed E-state index contributed by atoms with van der Waals surface area (Å²) in [5.41, 5.74) is 2.89. The summed E-state index contributed by atoms with van der Waals surface area (Å²) in [5.74, 6) is 0.644. The number of hydrogen-bond donors (Lipinski definition) is 1. The lowest BCUT2D eigenvalue weighted by molar-refractivity contribution is -0.147. The van der Waals surface area contributed by atoms with Crippen molar-refractivity contribution < 1.29 is 13.2 Å². The van der Waals surface area contributed by atoms with Gasteiger partial charge in [0.25, 0.3) is 0 Å². The molecular formula is C22H24F3N9S. The molecular weight excluding hydrogens is 479 g/mol. The van der Waals surface area contributed by atoms with E-state index in [1.54, 1.807) is 11.8 Å². The molecule has 1 N–H and O–H groups in total. The summed E-state index contributed by atoms with van der Waals surface area (Å²) in [4.78, 5) is 18.2. The van der Waals surface area contributed by atoms with Gasteiger partial charge in [0.2, 0.25) is 11.8 Å². The Morgan fingerprint density at radius 2 is 2.09 bits per heavy atom. The van der Waals surface area contributed by atoms with Gasteiger partial charge < -0.3 is 14.8 Å². The Morgan fingerprint density at radius 3 is 2.91 bits per heavy atom. The van der Waals surface area contributed by atoms with E-state index in [4.69, 9.17) is 9.97 Å². The maximum Gasteiger partial charge on any atom is 0.451 e. The number of allylic oxidation sites excluding steroid dienone is 1. The molecule has 6 rings (SSSR count). The molecule has 184 valence electrons. The Bertz CT molecular complexity index is 1250. The predicted octanol–water partition coefficient (Wildman–Crippen LogP) is 3.14. The Hall–Kier alpha value is -3.09. The zero-order chi connectivity index (χ0) is 24.2. The van der Waals surface area contributed by atoms with Crippen molar-refractivity contribution in [2.45, 2.75) is 55.7 Å². The first-order chi connectivity index (χ1) is 16.9. The summed E-state index contributed by atoms with van der Waals surface area (Å²) in [6, 6.07) is 0. The fraction of sp³-hybridized carbons (Fsp3) is 0.500. The van der Waals surface area contributed by atoms with E-state index in [2.05, 4.69) is 27.4 Å². The first-order valence-electron chi connectivity index (χ1n) is 11.7. The molecule has 0 bridgehead atoms. The van der Waals surface area contributed by atoms with E-state index in [0.29, 0.717) is 23.6 Å². The third-order valence-corrected chi connectivity index (χ3v) is 7.74. The number of aromatic nitrogens is 5. The number of nitrogens with zero attached hydrogens (tertiary/aromatic N) is 8. The average molecular weight is 504 g/mol. The van der Waals surface area contributed by atoms with Gasteiger partial charge in [0.1, 0.15) is 10.8 Å². The van der Waals surface area contributed by atoms with Crippen LogP contribution in [0.2, 0.25) is 0 Å². The van der Waals surface area contributed by atoms with E-state index in [0.717, 1.165) is 60.2 Å². The lowest BCUT2D eigenvalue weighted by atomic mass is 10.1. The molecule has 9 nitrogen and oxygen atoms in total. The van der Waals surface area contributed by atoms with Gasteiger partial charge in [-0.3, -0.25) is 9.89 Å². The minimum absolute atomic E-state index is 0.147. The third kappa shape index (κ3) is 4.05. The van der Waals surface area contributed by atoms with E-state index in [-0.39, 0.29) is 13.1 Å². The first-order valence-corrected chi connectivity index (χ1v) is 12.6. The molecule has 0 spiro atoms. The summed E-state index contributed by atoms with van der Waals surface area (Å²) >= 11 is 1.76. The highest BCUT2D eigenvalue weighted by atomic mass is 32.2. The van der Waals surface area contributed by atoms with Crippen LogP contribution in [-0.2, 0) is 25.7 Å². The molecule has 0 aromatic carbocycles. The number of hydrogen-bond acceptors (Lipinski definition) is 9. The van der Waals surface area contributed by atoms with Crippen molar-refractivity contribution in [2.24, 2.45) is 4.99 Å². The lowest BCUT2D eigenvalue weighted by Gasteiger charge is -2.31. The minimum atomic E-state index is -4.52. The van der Waals surface area contributed by atoms with Crippen molar-refractivity contribution in [1.29, 1.82) is 0 Å². The molecule has 6 heterocycles. The summed E-state index contributed by atoms with van der Waals surface area (Å²) in [7, 11) is 0. The van der Waals surface area contributed by atoms with E-state index in [1.165, 1.54) is 4.57 Å². The number of nitrogens with one attached hydrogen (secondary N) is 1. The maximum atomic E-state index is 13.3. The van der Waals surface area contributed by atoms with Crippen LogP contribution in [0.5, 0.6) is 0 Å². The fourth-order valence-corrected chi connectivity index (χ4v) is 6.18. The summed E-state index contributed by atoms with van der Waals surface area (Å²) < 4.78 is 41.1. The molecule has 0 saturated carbocycles. The van der Waals surface area contributed by atoms with Crippen LogP contribution in [0.25, 0.3) is 0 Å². The Morgan fingerprint density at radius 1 is 1.20 bits per heavy atom. The average Bonchev–Trinajstić information content (AvgIpc) is 3.46. The second kappa shape index (κ2) is 8.54. The predicted molar refractivity (Wildman–Crippen MR) is 126 cm³/mol. The zero-order valence-corrected chi connectivity index (χ0v) is 19.9. The van der Waals surface area contributed by atoms with Crippen LogP contribution in [0.1, 0.15) is 37.0 Å². The topological polar surface area (TPSA) is 87.4 Å². The second-order valence-corrected chi connectivity index (χ2v) is 10.1. The van der Waals surface area contributed by atoms with Crippen molar-refractivity contribution in [3.63, 3.8) is 0 Å². The van der Waals surface area contributed by atoms with Gasteiger partial charge in [0.05, 0.1) is 24.5 Å². The van der Waals surface area contributed by atoms with Gasteiger partial charge in [-0.1, -0.05) is 13.3 Å². The van der Waals surface area contributed by atoms with Gasteiger partial charge >= 0.3 is 6.18 Å². The van der Waals surface area contributed by atoms with Crippen molar-refractivity contribution in [1.82, 2.24) is 30.0 Å². The second-order valence-electron chi connectivity index (χ2n) is 8.83. The van der Waals surface area contributed by atoms with Gasteiger partial charge in [-0.25, -0.2) is 4.98 Å². The fourth-order valence-electron chi connectivity index (χ4n) is 4.81. The van der Waals surface area contributed by atoms with Crippen LogP contribution in [-0.4, -0.2) is 55.3 Å². The molecule has 2 aromatic rings. The number of thioether (sulfide) groups is 1. The van der Waals surface area contributed by atoms with E-state index in [1.807, 2.05) is 28.3 Å². The number of halogens is 3. The molecule has 0 radical (unpaired) electrons. The minimum Gasteiger partial charge on any atom is -0.380 e. The van der Waals surface area contributed by atoms with E-state index >= 15 is 0 Å². The highest BCUT2D eigenvalue weighted by molar-refractivity contribution is 8.00. The lowest BCUT2D eigenvalue weighted by Crippen LogP contribution is -2.37. The normalized spacial score (nSPS) is 21.2. The molecule has 1 unspecified atom stereocenters. The molecule has 1 atom stereocenters. The van der Waals surface area contributed by atoms with Gasteiger partial charge in [-0.2, -0.15) is 18.2 Å². The third-order valence-electron chi connectivity index (χ3n) is 6.44. The van der Waals surface area contributed by atoms with Gasteiger partial charge in [-0.05, 0) is 18.9 Å². The smallest absolute Gasteiger partial charge is 0.380 e. The van der Waals surface area contributed by atoms with Crippen LogP contribution >= 0.6 is 11.8 Å². The monoisotopic (exact) mass is 503 g/mol. The van der Waals surface area contributed by atoms with Gasteiger partial charge in [0.15, 0.2) is 5.82 Å². The van der Waals surface area contributed by atoms with Crippen molar-refractivity contribution >= 4 is 29.2 Å². The summed E-state index contributed by atoms with van der Waals surface area (Å²) in [6.07, 6.45) is 4.23. The maximum absolute atomic E-state index is 13.3. The Balaban J connectivity index is 1.36.